The lowest BCUT2D eigenvalue weighted by Crippen LogP contribution is -2.27. The molecule has 0 spiro atoms. The summed E-state index contributed by atoms with van der Waals surface area (Å²) in [7, 11) is -5.72. The van der Waals surface area contributed by atoms with Crippen LogP contribution in [0.3, 0.4) is 0 Å². The van der Waals surface area contributed by atoms with Crippen molar-refractivity contribution in [3.05, 3.63) is 191 Å². The Labute approximate surface area is 406 Å². The lowest BCUT2D eigenvalue weighted by Gasteiger charge is -2.39. The molecule has 0 atom stereocenters. The van der Waals surface area contributed by atoms with Crippen molar-refractivity contribution in [3.8, 4) is 23.0 Å². The van der Waals surface area contributed by atoms with Crippen molar-refractivity contribution in [2.75, 3.05) is 0 Å². The highest BCUT2D eigenvalue weighted by Gasteiger charge is 2.43. The fourth-order valence-corrected chi connectivity index (χ4v) is 14.5. The first-order valence-electron chi connectivity index (χ1n) is 23.9. The molecule has 1 aliphatic rings. The Morgan fingerprint density at radius 2 is 0.870 bits per heavy atom. The highest BCUT2D eigenvalue weighted by Crippen LogP contribution is 2.62. The molecule has 10 heteroatoms. The molecule has 0 N–H and O–H groups in total. The standard InChI is InChI=1S/C59H60N4O4P2/c1-37-33-60(49-25-17-13-21-43(37)49)68(61-34-38(2)44-22-14-18-26-50(44)61)66-53-31-41(57(5,6)7)29-47-55(53)65-56-48(59(47,11)12)30-42(58(8,9)10)32-54(56)67-69(64,62-35-39(3)45-23-15-19-27-51(45)62)63-36-40(4)46-24-16-20-28-52(46)63/h13-36H,1-12H3. The van der Waals surface area contributed by atoms with E-state index in [4.69, 9.17) is 13.8 Å². The van der Waals surface area contributed by atoms with E-state index in [1.807, 2.05) is 63.5 Å². The van der Waals surface area contributed by atoms with Crippen molar-refractivity contribution in [3.63, 3.8) is 0 Å². The molecule has 4 aromatic heterocycles. The normalized spacial score (nSPS) is 13.9. The van der Waals surface area contributed by atoms with E-state index >= 15 is 4.57 Å². The Hall–Kier alpha value is -6.46. The molecule has 0 saturated carbocycles. The Bertz CT molecular complexity index is 3590. The summed E-state index contributed by atoms with van der Waals surface area (Å²) in [5.41, 5.74) is 11.1. The monoisotopic (exact) mass is 950 g/mol. The number of hydrogen-bond acceptors (Lipinski definition) is 4. The number of para-hydroxylation sites is 4. The first kappa shape index (κ1) is 45.0. The van der Waals surface area contributed by atoms with Gasteiger partial charge in [-0.05, 0) is 108 Å². The van der Waals surface area contributed by atoms with Gasteiger partial charge in [0.2, 0.25) is 0 Å². The van der Waals surface area contributed by atoms with Crippen LogP contribution in [0.1, 0.15) is 99.9 Å². The minimum Gasteiger partial charge on any atom is -0.449 e. The maximum atomic E-state index is 16.8. The summed E-state index contributed by atoms with van der Waals surface area (Å²) in [6, 6.07) is 42.1. The Morgan fingerprint density at radius 3 is 1.30 bits per heavy atom. The third-order valence-electron chi connectivity index (χ3n) is 14.3. The second-order valence-electron chi connectivity index (χ2n) is 21.6. The molecule has 10 aromatic rings. The zero-order valence-corrected chi connectivity index (χ0v) is 43.5. The molecule has 0 bridgehead atoms. The largest absolute Gasteiger partial charge is 0.457 e. The zero-order valence-electron chi connectivity index (χ0n) is 41.7. The minimum atomic E-state index is -4.11. The molecule has 0 radical (unpaired) electrons. The molecular formula is C59H60N4O4P2. The molecule has 11 rings (SSSR count). The lowest BCUT2D eigenvalue weighted by molar-refractivity contribution is 0.374. The van der Waals surface area contributed by atoms with Gasteiger partial charge in [-0.1, -0.05) is 140 Å². The molecule has 350 valence electrons. The van der Waals surface area contributed by atoms with Crippen molar-refractivity contribution in [2.24, 2.45) is 0 Å². The minimum absolute atomic E-state index is 0.233. The Morgan fingerprint density at radius 1 is 0.507 bits per heavy atom. The van der Waals surface area contributed by atoms with E-state index in [1.165, 1.54) is 21.9 Å². The fraction of sp³-hybridized carbons (Fsp3) is 0.254. The van der Waals surface area contributed by atoms with E-state index in [-0.39, 0.29) is 10.8 Å². The van der Waals surface area contributed by atoms with Crippen LogP contribution in [-0.4, -0.2) is 17.4 Å². The highest BCUT2D eigenvalue weighted by molar-refractivity contribution is 7.56. The van der Waals surface area contributed by atoms with Crippen molar-refractivity contribution >= 4 is 59.7 Å². The number of benzene rings is 6. The summed E-state index contributed by atoms with van der Waals surface area (Å²) in [6.45, 7) is 26.3. The van der Waals surface area contributed by atoms with Crippen molar-refractivity contribution in [2.45, 2.75) is 99.3 Å². The van der Waals surface area contributed by atoms with Crippen LogP contribution in [0.4, 0.5) is 0 Å². The van der Waals surface area contributed by atoms with Crippen LogP contribution in [0.5, 0.6) is 23.0 Å². The second-order valence-corrected chi connectivity index (χ2v) is 25.1. The SMILES string of the molecule is Cc1cn(P(Oc2cc(C(C)(C)C)cc3c2Oc2c(OP(=O)(n4cc(C)c5ccccc54)n4cc(C)c5ccccc54)cc(C(C)(C)C)cc2C3(C)C)n2cc(C)c3ccccc32)c2ccccc12. The Kier molecular flexibility index (Phi) is 10.3. The van der Waals surface area contributed by atoms with Gasteiger partial charge in [0.15, 0.2) is 23.0 Å². The predicted octanol–water partition coefficient (Wildman–Crippen LogP) is 17.1. The molecule has 0 aliphatic carbocycles. The number of rotatable bonds is 8. The number of hydrogen-bond donors (Lipinski definition) is 0. The molecule has 6 aromatic carbocycles. The van der Waals surface area contributed by atoms with Crippen LogP contribution in [0.2, 0.25) is 0 Å². The van der Waals surface area contributed by atoms with Gasteiger partial charge in [-0.3, -0.25) is 8.68 Å². The van der Waals surface area contributed by atoms with Crippen LogP contribution < -0.4 is 13.8 Å². The number of ether oxygens (including phenoxy) is 1. The van der Waals surface area contributed by atoms with E-state index in [2.05, 4.69) is 183 Å². The fourth-order valence-electron chi connectivity index (χ4n) is 10.2. The predicted molar refractivity (Wildman–Crippen MR) is 287 cm³/mol. The van der Waals surface area contributed by atoms with Crippen LogP contribution in [0.15, 0.2) is 146 Å². The summed E-state index contributed by atoms with van der Waals surface area (Å²) in [5.74, 6) is 2.16. The van der Waals surface area contributed by atoms with Gasteiger partial charge in [-0.25, -0.2) is 13.2 Å². The van der Waals surface area contributed by atoms with Gasteiger partial charge in [0.1, 0.15) is 0 Å². The molecule has 5 heterocycles. The topological polar surface area (TPSA) is 64.5 Å². The van der Waals surface area contributed by atoms with Crippen LogP contribution >= 0.6 is 16.1 Å². The first-order chi connectivity index (χ1) is 32.7. The van der Waals surface area contributed by atoms with Crippen LogP contribution in [-0.2, 0) is 20.8 Å². The number of aromatic nitrogens is 4. The average Bonchev–Trinajstić information content (AvgIpc) is 4.05. The highest BCUT2D eigenvalue weighted by atomic mass is 31.2. The van der Waals surface area contributed by atoms with E-state index in [1.54, 1.807) is 0 Å². The van der Waals surface area contributed by atoms with E-state index in [0.29, 0.717) is 23.0 Å². The van der Waals surface area contributed by atoms with Crippen molar-refractivity contribution in [1.82, 2.24) is 17.4 Å². The molecule has 69 heavy (non-hydrogen) atoms. The third-order valence-corrected chi connectivity index (χ3v) is 18.2. The van der Waals surface area contributed by atoms with Crippen molar-refractivity contribution < 1.29 is 18.3 Å². The van der Waals surface area contributed by atoms with Gasteiger partial charge in [0.25, 0.3) is 0 Å². The van der Waals surface area contributed by atoms with E-state index in [9.17, 15) is 0 Å². The molecule has 0 fully saturated rings. The summed E-state index contributed by atoms with van der Waals surface area (Å²) < 4.78 is 47.7. The number of aryl methyl sites for hydroxylation is 4. The van der Waals surface area contributed by atoms with Crippen LogP contribution in [0, 0.1) is 27.7 Å². The van der Waals surface area contributed by atoms with Gasteiger partial charge in [0.05, 0.1) is 22.1 Å². The third kappa shape index (κ3) is 7.16. The maximum Gasteiger partial charge on any atom is 0.457 e. The summed E-state index contributed by atoms with van der Waals surface area (Å²) in [6.07, 6.45) is 8.38. The smallest absolute Gasteiger partial charge is 0.449 e. The lowest BCUT2D eigenvalue weighted by atomic mass is 9.72. The molecule has 0 saturated heterocycles. The number of nitrogens with zero attached hydrogens (tertiary/aromatic N) is 4. The average molecular weight is 951 g/mol. The zero-order chi connectivity index (χ0) is 48.5. The van der Waals surface area contributed by atoms with Crippen molar-refractivity contribution in [1.29, 1.82) is 0 Å². The second kappa shape index (κ2) is 15.8. The molecular weight excluding hydrogens is 891 g/mol. The van der Waals surface area contributed by atoms with E-state index in [0.717, 1.165) is 66.2 Å². The van der Waals surface area contributed by atoms with Crippen LogP contribution in [0.25, 0.3) is 43.6 Å². The van der Waals surface area contributed by atoms with Gasteiger partial charge in [-0.15, -0.1) is 0 Å². The first-order valence-corrected chi connectivity index (χ1v) is 26.6. The maximum absolute atomic E-state index is 16.8. The van der Waals surface area contributed by atoms with Gasteiger partial charge in [-0.2, -0.15) is 0 Å². The molecule has 0 amide bonds. The molecule has 8 nitrogen and oxygen atoms in total. The summed E-state index contributed by atoms with van der Waals surface area (Å²) in [4.78, 5) is 0. The summed E-state index contributed by atoms with van der Waals surface area (Å²) >= 11 is 0. The Balaban J connectivity index is 1.16. The number of fused-ring (bicyclic) bond motifs is 6. The molecule has 0 unspecified atom stereocenters. The molecule has 1 aliphatic heterocycles. The summed E-state index contributed by atoms with van der Waals surface area (Å²) in [5, 5.41) is 4.37. The van der Waals surface area contributed by atoms with E-state index < -0.39 is 21.5 Å². The van der Waals surface area contributed by atoms with Gasteiger partial charge >= 0.3 is 16.1 Å². The van der Waals surface area contributed by atoms with Gasteiger partial charge in [0, 0.05) is 62.9 Å². The van der Waals surface area contributed by atoms with Gasteiger partial charge < -0.3 is 13.8 Å². The quantitative estimate of drug-likeness (QED) is 0.142.